The first-order chi connectivity index (χ1) is 43.1. The van der Waals surface area contributed by atoms with Gasteiger partial charge in [-0.2, -0.15) is 0 Å². The van der Waals surface area contributed by atoms with Crippen molar-refractivity contribution in [2.75, 3.05) is 26.4 Å². The number of benzene rings is 8. The molecule has 4 heterocycles. The summed E-state index contributed by atoms with van der Waals surface area (Å²) in [4.78, 5) is 96.2. The van der Waals surface area contributed by atoms with Gasteiger partial charge >= 0.3 is 510 Å². The number of hydrogen-bond donors (Lipinski definition) is 0. The molecule has 0 aromatic heterocycles. The second-order valence-corrected chi connectivity index (χ2v) is 23.9. The van der Waals surface area contributed by atoms with Crippen molar-refractivity contribution in [2.24, 2.45) is 30.0 Å². The number of esters is 3. The molecule has 88 heavy (non-hydrogen) atoms. The van der Waals surface area contributed by atoms with E-state index in [1.165, 1.54) is 4.90 Å². The van der Waals surface area contributed by atoms with Crippen molar-refractivity contribution >= 4 is 106 Å². The minimum absolute atomic E-state index is 0.0186. The molecule has 440 valence electrons. The summed E-state index contributed by atoms with van der Waals surface area (Å²) in [5, 5.41) is 6.05. The van der Waals surface area contributed by atoms with E-state index < -0.39 is 30.0 Å². The molecule has 4 aliphatic heterocycles. The molecule has 12 rings (SSSR count). The topological polar surface area (TPSA) is 183 Å². The van der Waals surface area contributed by atoms with Crippen LogP contribution in [0.1, 0.15) is 176 Å². The third-order valence-electron chi connectivity index (χ3n) is 16.4. The molecule has 0 N–H and O–H groups in total. The molecule has 0 aliphatic carbocycles. The Labute approximate surface area is 520 Å². The van der Waals surface area contributed by atoms with Gasteiger partial charge in [0.25, 0.3) is 0 Å². The third kappa shape index (κ3) is 11.7. The van der Waals surface area contributed by atoms with Crippen molar-refractivity contribution in [1.29, 1.82) is 0 Å². The van der Waals surface area contributed by atoms with Crippen LogP contribution in [0, 0.1) is 0 Å². The molecule has 6 bridgehead atoms. The zero-order valence-corrected chi connectivity index (χ0v) is 53.2. The zero-order chi connectivity index (χ0) is 60.8. The number of amidine groups is 6. The average molecular weight is 1220 g/mol. The van der Waals surface area contributed by atoms with Gasteiger partial charge in [0.2, 0.25) is 0 Å². The predicted molar refractivity (Wildman–Crippen MR) is 345 cm³/mol. The fourth-order valence-electron chi connectivity index (χ4n) is 11.9. The Morgan fingerprint density at radius 3 is 1.26 bits per heavy atom. The summed E-state index contributed by atoms with van der Waals surface area (Å²) >= 11 is 0.239. The molecule has 1 amide bonds. The summed E-state index contributed by atoms with van der Waals surface area (Å²) in [6.45, 7) is 8.69. The van der Waals surface area contributed by atoms with Crippen molar-refractivity contribution in [3.63, 3.8) is 0 Å². The molecule has 15 nitrogen and oxygen atoms in total. The van der Waals surface area contributed by atoms with Crippen molar-refractivity contribution < 1.29 is 56.0 Å². The molecule has 1 unspecified atom stereocenters. The molecule has 0 saturated carbocycles. The predicted octanol–water partition coefficient (Wildman–Crippen LogP) is 15.1. The van der Waals surface area contributed by atoms with E-state index in [-0.39, 0.29) is 102 Å². The van der Waals surface area contributed by atoms with E-state index in [1.54, 1.807) is 24.3 Å². The van der Waals surface area contributed by atoms with Gasteiger partial charge in [0.05, 0.1) is 0 Å². The maximum absolute atomic E-state index is 15.8. The van der Waals surface area contributed by atoms with E-state index in [0.29, 0.717) is 74.1 Å². The van der Waals surface area contributed by atoms with Crippen LogP contribution in [0.25, 0.3) is 43.1 Å². The van der Waals surface area contributed by atoms with E-state index in [4.69, 9.17) is 48.9 Å². The molecular weight excluding hydrogens is 1160 g/mol. The molecule has 0 spiro atoms. The van der Waals surface area contributed by atoms with Crippen LogP contribution in [0.15, 0.2) is 163 Å². The number of carbonyl (C=O) groups excluding carboxylic acids is 4. The number of ether oxygens (including phenoxy) is 4. The number of fused-ring (bicyclic) bond motifs is 17. The van der Waals surface area contributed by atoms with Gasteiger partial charge in [-0.1, -0.05) is 13.0 Å². The Kier molecular flexibility index (Phi) is 17.9. The molecule has 0 fully saturated rings. The van der Waals surface area contributed by atoms with Crippen LogP contribution in [-0.4, -0.2) is 94.6 Å². The quantitative estimate of drug-likeness (QED) is 0.0332. The van der Waals surface area contributed by atoms with Crippen LogP contribution in [0.2, 0.25) is 0 Å². The second kappa shape index (κ2) is 26.5. The monoisotopic (exact) mass is 1220 g/mol. The number of unbranched alkanes of at least 4 members (excludes halogenated alkanes) is 8. The minimum atomic E-state index is -1.67. The SMILES string of the molecule is CCCCCOC(=O)c1c2c(c(C(=O)OCCCCC)c3ccccc13)C(C(=O)OCCCCC)N=C1N=C(N=C3N=C(c4cc5ccccc5cc43)N(C(=O)OCCCCC)C3=NC(=N[C]2=[Zn])c2cc4ccccc4cc23)c2cc3ccccc3cc21. The van der Waals surface area contributed by atoms with Gasteiger partial charge in [0, 0.05) is 0 Å². The van der Waals surface area contributed by atoms with Crippen molar-refractivity contribution in [2.45, 2.75) is 111 Å². The summed E-state index contributed by atoms with van der Waals surface area (Å²) in [6.07, 6.45) is 8.50. The van der Waals surface area contributed by atoms with Gasteiger partial charge in [0.1, 0.15) is 0 Å². The molecule has 1 atom stereocenters. The number of hydrogen-bond acceptors (Lipinski definition) is 14. The van der Waals surface area contributed by atoms with Crippen LogP contribution in [-0.2, 0) is 41.6 Å². The molecule has 16 heteroatoms. The van der Waals surface area contributed by atoms with Crippen LogP contribution < -0.4 is 0 Å². The third-order valence-corrected chi connectivity index (χ3v) is 17.5. The molecular formula is C72H67N7O8Zn. The van der Waals surface area contributed by atoms with Crippen LogP contribution >= 0.6 is 0 Å². The van der Waals surface area contributed by atoms with Gasteiger partial charge < -0.3 is 0 Å². The van der Waals surface area contributed by atoms with Gasteiger partial charge in [-0.25, -0.2) is 0 Å². The Morgan fingerprint density at radius 2 is 0.784 bits per heavy atom. The number of aliphatic imine (C=N–C) groups is 6. The molecule has 8 aromatic carbocycles. The Morgan fingerprint density at radius 1 is 0.420 bits per heavy atom. The van der Waals surface area contributed by atoms with Gasteiger partial charge in [-0.3, -0.25) is 0 Å². The molecule has 8 aromatic rings. The van der Waals surface area contributed by atoms with Crippen LogP contribution in [0.5, 0.6) is 0 Å². The van der Waals surface area contributed by atoms with Crippen LogP contribution in [0.3, 0.4) is 0 Å². The van der Waals surface area contributed by atoms with E-state index in [2.05, 4.69) is 27.7 Å². The Bertz CT molecular complexity index is 4370. The fraction of sp³-hybridized carbons (Fsp3) is 0.292. The number of carbonyl (C=O) groups is 4. The summed E-state index contributed by atoms with van der Waals surface area (Å²) in [5.74, 6) is -0.977. The maximum atomic E-state index is 15.8. The number of rotatable bonds is 19. The first-order valence-corrected chi connectivity index (χ1v) is 32.4. The summed E-state index contributed by atoms with van der Waals surface area (Å²) in [5.41, 5.74) is 3.79. The number of amides is 1. The number of nitrogens with zero attached hydrogens (tertiary/aromatic N) is 7. The molecule has 0 saturated heterocycles. The Balaban J connectivity index is 1.23. The van der Waals surface area contributed by atoms with Crippen molar-refractivity contribution in [3.8, 4) is 0 Å². The average Bonchev–Trinajstić information content (AvgIpc) is 1.76. The normalized spacial score (nSPS) is 14.9. The van der Waals surface area contributed by atoms with E-state index >= 15 is 19.2 Å². The Hall–Kier alpha value is -9.01. The fourth-order valence-corrected chi connectivity index (χ4v) is 13.0. The van der Waals surface area contributed by atoms with Crippen LogP contribution in [0.4, 0.5) is 4.79 Å². The van der Waals surface area contributed by atoms with Crippen molar-refractivity contribution in [1.82, 2.24) is 4.90 Å². The standard InChI is InChI=1S/C72H67N7O8.Zn/c1-5-9-21-33-84-69(80)59-50-31-19-20-32-51(50)61(70(81)85-34-22-10-6-2)60-58(59)43-73-63-54-39-46-27-15-17-29-48(46)41-56(54)67(77-63)79(72(83)87-36-24-12-8-4)68-57-42-49-30-18-16-28-47(49)40-55(57)66(78-68)76-65-53-38-45-26-14-13-25-44(45)37-52(53)64(75-65)74-62(60)71(82)86-35-23-11-7-3;/h13-20,25-32,37-42,62H,5-12,21-24,33-36H2,1-4H3;. The van der Waals surface area contributed by atoms with Gasteiger partial charge in [-0.05, 0) is 0 Å². The van der Waals surface area contributed by atoms with Crippen molar-refractivity contribution in [3.05, 3.63) is 189 Å². The van der Waals surface area contributed by atoms with E-state index in [1.807, 2.05) is 109 Å². The van der Waals surface area contributed by atoms with E-state index in [9.17, 15) is 0 Å². The summed E-state index contributed by atoms with van der Waals surface area (Å²) < 4.78 is 25.4. The van der Waals surface area contributed by atoms with E-state index in [0.717, 1.165) is 83.7 Å². The zero-order valence-electron chi connectivity index (χ0n) is 50.2. The molecule has 4 aliphatic rings. The summed E-state index contributed by atoms with van der Waals surface area (Å²) in [7, 11) is 0. The summed E-state index contributed by atoms with van der Waals surface area (Å²) in [6, 6.07) is 41.2. The second-order valence-electron chi connectivity index (χ2n) is 22.5. The first-order valence-electron chi connectivity index (χ1n) is 31.0. The first kappa shape index (κ1) is 59.3. The van der Waals surface area contributed by atoms with Gasteiger partial charge in [0.15, 0.2) is 0 Å². The van der Waals surface area contributed by atoms with Gasteiger partial charge in [-0.15, -0.1) is 0 Å². The molecule has 0 radical (unpaired) electrons.